The van der Waals surface area contributed by atoms with Gasteiger partial charge in [-0.15, -0.1) is 11.3 Å². The first-order valence-corrected chi connectivity index (χ1v) is 6.45. The lowest BCUT2D eigenvalue weighted by molar-refractivity contribution is 0.0595. The van der Waals surface area contributed by atoms with E-state index in [1.54, 1.807) is 5.38 Å². The summed E-state index contributed by atoms with van der Waals surface area (Å²) in [6.45, 7) is 0.966. The molecule has 4 nitrogen and oxygen atoms in total. The molecular formula is C11H16N2O2S. The second-order valence-corrected chi connectivity index (χ2v) is 4.92. The van der Waals surface area contributed by atoms with Gasteiger partial charge in [-0.1, -0.05) is 12.8 Å². The molecule has 2 rings (SSSR count). The van der Waals surface area contributed by atoms with Crippen molar-refractivity contribution in [3.8, 4) is 0 Å². The monoisotopic (exact) mass is 240 g/mol. The van der Waals surface area contributed by atoms with Crippen molar-refractivity contribution in [1.82, 2.24) is 4.98 Å². The number of anilines is 1. The predicted molar refractivity (Wildman–Crippen MR) is 63.9 cm³/mol. The van der Waals surface area contributed by atoms with Gasteiger partial charge >= 0.3 is 5.97 Å². The van der Waals surface area contributed by atoms with Gasteiger partial charge in [0.05, 0.1) is 7.11 Å². The van der Waals surface area contributed by atoms with Gasteiger partial charge in [-0.25, -0.2) is 9.78 Å². The molecule has 1 aromatic heterocycles. The number of esters is 1. The third-order valence-electron chi connectivity index (χ3n) is 2.92. The highest BCUT2D eigenvalue weighted by molar-refractivity contribution is 7.13. The van der Waals surface area contributed by atoms with Gasteiger partial charge in [-0.2, -0.15) is 0 Å². The maximum atomic E-state index is 11.2. The fourth-order valence-corrected chi connectivity index (χ4v) is 2.69. The van der Waals surface area contributed by atoms with Gasteiger partial charge in [0, 0.05) is 11.9 Å². The van der Waals surface area contributed by atoms with E-state index in [0.717, 1.165) is 17.6 Å². The average molecular weight is 240 g/mol. The molecule has 0 atom stereocenters. The quantitative estimate of drug-likeness (QED) is 0.822. The second kappa shape index (κ2) is 5.30. The van der Waals surface area contributed by atoms with E-state index < -0.39 is 0 Å². The van der Waals surface area contributed by atoms with E-state index in [4.69, 9.17) is 0 Å². The summed E-state index contributed by atoms with van der Waals surface area (Å²) in [5.41, 5.74) is 0.390. The summed E-state index contributed by atoms with van der Waals surface area (Å²) in [5.74, 6) is 0.399. The third kappa shape index (κ3) is 2.72. The van der Waals surface area contributed by atoms with Crippen LogP contribution >= 0.6 is 11.3 Å². The van der Waals surface area contributed by atoms with Crippen LogP contribution in [0.3, 0.4) is 0 Å². The van der Waals surface area contributed by atoms with Crippen molar-refractivity contribution in [2.45, 2.75) is 25.7 Å². The van der Waals surface area contributed by atoms with Crippen LogP contribution in [0.5, 0.6) is 0 Å². The number of rotatable bonds is 4. The lowest BCUT2D eigenvalue weighted by Crippen LogP contribution is -2.11. The van der Waals surface area contributed by atoms with Crippen molar-refractivity contribution in [3.05, 3.63) is 11.1 Å². The van der Waals surface area contributed by atoms with Crippen molar-refractivity contribution >= 4 is 22.4 Å². The molecule has 1 aliphatic rings. The van der Waals surface area contributed by atoms with Crippen LogP contribution in [0.4, 0.5) is 5.13 Å². The molecule has 0 saturated heterocycles. The Hall–Kier alpha value is -1.10. The van der Waals surface area contributed by atoms with E-state index in [1.165, 1.54) is 44.1 Å². The average Bonchev–Trinajstić information content (AvgIpc) is 2.96. The lowest BCUT2D eigenvalue weighted by atomic mass is 10.1. The van der Waals surface area contributed by atoms with Crippen molar-refractivity contribution in [2.75, 3.05) is 19.0 Å². The summed E-state index contributed by atoms with van der Waals surface area (Å²) in [6.07, 6.45) is 5.31. The number of nitrogens with one attached hydrogen (secondary N) is 1. The number of nitrogens with zero attached hydrogens (tertiary/aromatic N) is 1. The molecule has 0 radical (unpaired) electrons. The molecule has 1 fully saturated rings. The molecular weight excluding hydrogens is 224 g/mol. The molecule has 1 heterocycles. The lowest BCUT2D eigenvalue weighted by Gasteiger charge is -2.08. The topological polar surface area (TPSA) is 51.2 Å². The van der Waals surface area contributed by atoms with Crippen LogP contribution in [-0.2, 0) is 4.74 Å². The fraction of sp³-hybridized carbons (Fsp3) is 0.636. The molecule has 0 aromatic carbocycles. The van der Waals surface area contributed by atoms with Crippen molar-refractivity contribution in [1.29, 1.82) is 0 Å². The summed E-state index contributed by atoms with van der Waals surface area (Å²) in [7, 11) is 1.37. The number of carbonyl (C=O) groups excluding carboxylic acids is 1. The molecule has 1 saturated carbocycles. The van der Waals surface area contributed by atoms with Gasteiger partial charge in [0.15, 0.2) is 10.8 Å². The molecule has 5 heteroatoms. The fourth-order valence-electron chi connectivity index (χ4n) is 2.00. The Labute approximate surface area is 99.0 Å². The molecule has 1 aliphatic carbocycles. The summed E-state index contributed by atoms with van der Waals surface area (Å²) < 4.78 is 4.60. The number of hydrogen-bond donors (Lipinski definition) is 1. The number of ether oxygens (including phenoxy) is 1. The highest BCUT2D eigenvalue weighted by atomic mass is 32.1. The Bertz CT molecular complexity index is 359. The van der Waals surface area contributed by atoms with E-state index in [2.05, 4.69) is 15.0 Å². The van der Waals surface area contributed by atoms with Crippen LogP contribution in [0.1, 0.15) is 36.2 Å². The molecule has 88 valence electrons. The molecule has 0 spiro atoms. The zero-order valence-electron chi connectivity index (χ0n) is 9.36. The molecule has 16 heavy (non-hydrogen) atoms. The minimum Gasteiger partial charge on any atom is -0.464 e. The summed E-state index contributed by atoms with van der Waals surface area (Å²) in [4.78, 5) is 15.4. The van der Waals surface area contributed by atoms with Gasteiger partial charge in [0.25, 0.3) is 0 Å². The standard InChI is InChI=1S/C11H16N2O2S/c1-15-10(14)9-7-16-11(13-9)12-6-8-4-2-3-5-8/h7-8H,2-6H2,1H3,(H,12,13). The normalized spacial score (nSPS) is 16.3. The van der Waals surface area contributed by atoms with E-state index in [0.29, 0.717) is 5.69 Å². The number of thiazole rings is 1. The van der Waals surface area contributed by atoms with Gasteiger partial charge in [-0.05, 0) is 18.8 Å². The molecule has 0 aliphatic heterocycles. The van der Waals surface area contributed by atoms with E-state index in [1.807, 2.05) is 0 Å². The van der Waals surface area contributed by atoms with Crippen LogP contribution in [0.25, 0.3) is 0 Å². The summed E-state index contributed by atoms with van der Waals surface area (Å²) in [6, 6.07) is 0. The second-order valence-electron chi connectivity index (χ2n) is 4.06. The molecule has 0 bridgehead atoms. The molecule has 0 amide bonds. The minimum atomic E-state index is -0.370. The Morgan fingerprint density at radius 3 is 3.06 bits per heavy atom. The van der Waals surface area contributed by atoms with Gasteiger partial charge in [-0.3, -0.25) is 0 Å². The zero-order valence-corrected chi connectivity index (χ0v) is 10.2. The Morgan fingerprint density at radius 2 is 2.38 bits per heavy atom. The Balaban J connectivity index is 1.85. The van der Waals surface area contributed by atoms with Gasteiger partial charge in [0.1, 0.15) is 0 Å². The Kier molecular flexibility index (Phi) is 3.77. The SMILES string of the molecule is COC(=O)c1csc(NCC2CCCC2)n1. The first kappa shape index (κ1) is 11.4. The zero-order chi connectivity index (χ0) is 11.4. The van der Waals surface area contributed by atoms with Crippen molar-refractivity contribution in [3.63, 3.8) is 0 Å². The highest BCUT2D eigenvalue weighted by Gasteiger charge is 2.16. The molecule has 1 N–H and O–H groups in total. The van der Waals surface area contributed by atoms with Crippen LogP contribution in [0.15, 0.2) is 5.38 Å². The van der Waals surface area contributed by atoms with Gasteiger partial charge in [0.2, 0.25) is 0 Å². The third-order valence-corrected chi connectivity index (χ3v) is 3.72. The van der Waals surface area contributed by atoms with Crippen molar-refractivity contribution < 1.29 is 9.53 Å². The highest BCUT2D eigenvalue weighted by Crippen LogP contribution is 2.25. The van der Waals surface area contributed by atoms with E-state index >= 15 is 0 Å². The Morgan fingerprint density at radius 1 is 1.62 bits per heavy atom. The minimum absolute atomic E-state index is 0.370. The van der Waals surface area contributed by atoms with E-state index in [9.17, 15) is 4.79 Å². The maximum absolute atomic E-state index is 11.2. The van der Waals surface area contributed by atoms with Gasteiger partial charge < -0.3 is 10.1 Å². The van der Waals surface area contributed by atoms with Crippen LogP contribution in [0.2, 0.25) is 0 Å². The molecule has 1 aromatic rings. The van der Waals surface area contributed by atoms with Crippen LogP contribution in [-0.4, -0.2) is 24.6 Å². The van der Waals surface area contributed by atoms with Crippen LogP contribution < -0.4 is 5.32 Å². The van der Waals surface area contributed by atoms with Crippen molar-refractivity contribution in [2.24, 2.45) is 5.92 Å². The number of hydrogen-bond acceptors (Lipinski definition) is 5. The summed E-state index contributed by atoms with van der Waals surface area (Å²) in [5, 5.41) is 5.82. The largest absolute Gasteiger partial charge is 0.464 e. The summed E-state index contributed by atoms with van der Waals surface area (Å²) >= 11 is 1.45. The molecule has 0 unspecified atom stereocenters. The number of methoxy groups -OCH3 is 1. The number of aromatic nitrogens is 1. The maximum Gasteiger partial charge on any atom is 0.357 e. The number of carbonyl (C=O) groups is 1. The first-order valence-electron chi connectivity index (χ1n) is 5.57. The van der Waals surface area contributed by atoms with Crippen LogP contribution in [0, 0.1) is 5.92 Å². The first-order chi connectivity index (χ1) is 7.79. The smallest absolute Gasteiger partial charge is 0.357 e. The van der Waals surface area contributed by atoms with E-state index in [-0.39, 0.29) is 5.97 Å². The predicted octanol–water partition coefficient (Wildman–Crippen LogP) is 2.53.